The van der Waals surface area contributed by atoms with Crippen LogP contribution in [0.4, 0.5) is 0 Å². The van der Waals surface area contributed by atoms with E-state index in [-0.39, 0.29) is 28.1 Å². The van der Waals surface area contributed by atoms with Crippen LogP contribution in [0.5, 0.6) is 17.2 Å². The van der Waals surface area contributed by atoms with E-state index in [9.17, 15) is 15.3 Å². The molecule has 0 aromatic heterocycles. The maximum Gasteiger partial charge on any atom is 0.115 e. The van der Waals surface area contributed by atoms with Gasteiger partial charge in [0.2, 0.25) is 0 Å². The number of phenolic OH excluding ortho intramolecular Hbond substituents is 3. The van der Waals surface area contributed by atoms with Crippen LogP contribution in [-0.2, 0) is 10.8 Å². The van der Waals surface area contributed by atoms with E-state index in [2.05, 4.69) is 33.8 Å². The highest BCUT2D eigenvalue weighted by atomic mass is 16.3. The molecule has 0 saturated heterocycles. The Morgan fingerprint density at radius 3 is 1.53 bits per heavy atom. The minimum Gasteiger partial charge on any atom is -0.508 e. The van der Waals surface area contributed by atoms with E-state index in [0.717, 1.165) is 28.7 Å². The molecular weight excluding hydrogens is 372 g/mol. The van der Waals surface area contributed by atoms with Gasteiger partial charge in [-0.15, -0.1) is 0 Å². The van der Waals surface area contributed by atoms with Gasteiger partial charge in [-0.2, -0.15) is 0 Å². The lowest BCUT2D eigenvalue weighted by atomic mass is 9.67. The summed E-state index contributed by atoms with van der Waals surface area (Å²) in [4.78, 5) is 0. The van der Waals surface area contributed by atoms with E-state index in [0.29, 0.717) is 0 Å². The molecule has 1 atom stereocenters. The topological polar surface area (TPSA) is 60.7 Å². The molecule has 0 spiro atoms. The number of hydrogen-bond donors (Lipinski definition) is 3. The highest BCUT2D eigenvalue weighted by Crippen LogP contribution is 2.42. The average Bonchev–Trinajstić information content (AvgIpc) is 2.68. The Labute approximate surface area is 179 Å². The number of allylic oxidation sites excluding steroid dienone is 2. The fourth-order valence-electron chi connectivity index (χ4n) is 4.30. The van der Waals surface area contributed by atoms with Crippen molar-refractivity contribution >= 4 is 5.57 Å². The van der Waals surface area contributed by atoms with Crippen LogP contribution in [0.2, 0.25) is 0 Å². The summed E-state index contributed by atoms with van der Waals surface area (Å²) in [7, 11) is 0. The summed E-state index contributed by atoms with van der Waals surface area (Å²) >= 11 is 0. The third-order valence-corrected chi connectivity index (χ3v) is 5.84. The van der Waals surface area contributed by atoms with Gasteiger partial charge in [0.25, 0.3) is 0 Å². The Bertz CT molecular complexity index is 1010. The van der Waals surface area contributed by atoms with E-state index in [1.54, 1.807) is 36.4 Å². The van der Waals surface area contributed by atoms with Gasteiger partial charge in [0, 0.05) is 5.41 Å². The molecule has 3 aromatic carbocycles. The van der Waals surface area contributed by atoms with Crippen molar-refractivity contribution in [1.29, 1.82) is 0 Å². The van der Waals surface area contributed by atoms with Crippen molar-refractivity contribution in [3.63, 3.8) is 0 Å². The number of hydrogen-bond acceptors (Lipinski definition) is 3. The second-order valence-corrected chi connectivity index (χ2v) is 8.95. The van der Waals surface area contributed by atoms with Gasteiger partial charge in [-0.1, -0.05) is 63.2 Å². The summed E-state index contributed by atoms with van der Waals surface area (Å²) in [6.45, 7) is 8.72. The van der Waals surface area contributed by atoms with Crippen LogP contribution >= 0.6 is 0 Å². The van der Waals surface area contributed by atoms with Gasteiger partial charge in [0.1, 0.15) is 17.2 Å². The molecule has 30 heavy (non-hydrogen) atoms. The molecule has 3 aromatic rings. The van der Waals surface area contributed by atoms with Crippen LogP contribution in [0.25, 0.3) is 5.57 Å². The second kappa shape index (κ2) is 8.27. The normalized spacial score (nSPS) is 14.3. The Morgan fingerprint density at radius 1 is 0.667 bits per heavy atom. The smallest absolute Gasteiger partial charge is 0.115 e. The molecule has 0 fully saturated rings. The van der Waals surface area contributed by atoms with Crippen LogP contribution in [0.15, 0.2) is 78.9 Å². The Hall–Kier alpha value is -3.20. The Kier molecular flexibility index (Phi) is 5.93. The van der Waals surface area contributed by atoms with Gasteiger partial charge in [-0.3, -0.25) is 0 Å². The van der Waals surface area contributed by atoms with Crippen LogP contribution in [-0.4, -0.2) is 15.3 Å². The monoisotopic (exact) mass is 402 g/mol. The first-order chi connectivity index (χ1) is 14.1. The van der Waals surface area contributed by atoms with Gasteiger partial charge in [-0.05, 0) is 77.4 Å². The van der Waals surface area contributed by atoms with Crippen LogP contribution in [0, 0.1) is 0 Å². The third kappa shape index (κ3) is 4.85. The van der Waals surface area contributed by atoms with Crippen molar-refractivity contribution in [2.75, 3.05) is 0 Å². The number of rotatable bonds is 6. The Morgan fingerprint density at radius 2 is 1.07 bits per heavy atom. The van der Waals surface area contributed by atoms with Crippen molar-refractivity contribution in [2.24, 2.45) is 0 Å². The minimum absolute atomic E-state index is 0.161. The predicted molar refractivity (Wildman–Crippen MR) is 123 cm³/mol. The molecule has 156 valence electrons. The first-order valence-corrected chi connectivity index (χ1v) is 10.2. The zero-order valence-electron chi connectivity index (χ0n) is 18.1. The van der Waals surface area contributed by atoms with E-state index < -0.39 is 0 Å². The van der Waals surface area contributed by atoms with Crippen molar-refractivity contribution < 1.29 is 15.3 Å². The molecule has 3 N–H and O–H groups in total. The molecule has 0 aliphatic heterocycles. The standard InChI is InChI=1S/C27H30O3/c1-19(20-5-11-23(28)12-6-20)17-27(4,22-9-15-25(30)16-10-22)18-26(2,3)21-7-13-24(29)14-8-21/h5-17,28-30H,18H2,1-4H3. The number of phenols is 3. The van der Waals surface area contributed by atoms with Gasteiger partial charge in [-0.25, -0.2) is 0 Å². The minimum atomic E-state index is -0.308. The summed E-state index contributed by atoms with van der Waals surface area (Å²) in [6, 6.07) is 22.1. The molecule has 3 nitrogen and oxygen atoms in total. The first kappa shape index (κ1) is 21.5. The van der Waals surface area contributed by atoms with Crippen molar-refractivity contribution in [1.82, 2.24) is 0 Å². The Balaban J connectivity index is 2.05. The van der Waals surface area contributed by atoms with Crippen LogP contribution in [0.3, 0.4) is 0 Å². The molecule has 0 radical (unpaired) electrons. The largest absolute Gasteiger partial charge is 0.508 e. The molecule has 0 amide bonds. The fourth-order valence-corrected chi connectivity index (χ4v) is 4.30. The third-order valence-electron chi connectivity index (χ3n) is 5.84. The summed E-state index contributed by atoms with van der Waals surface area (Å²) in [5.41, 5.74) is 3.97. The summed E-state index contributed by atoms with van der Waals surface area (Å²) in [6.07, 6.45) is 3.10. The van der Waals surface area contributed by atoms with E-state index in [1.165, 1.54) is 0 Å². The molecule has 3 heteroatoms. The molecule has 0 heterocycles. The van der Waals surface area contributed by atoms with Crippen molar-refractivity contribution in [3.05, 3.63) is 95.6 Å². The van der Waals surface area contributed by atoms with Gasteiger partial charge in [0.05, 0.1) is 0 Å². The second-order valence-electron chi connectivity index (χ2n) is 8.95. The van der Waals surface area contributed by atoms with Crippen molar-refractivity contribution in [3.8, 4) is 17.2 Å². The van der Waals surface area contributed by atoms with Gasteiger partial charge >= 0.3 is 0 Å². The predicted octanol–water partition coefficient (Wildman–Crippen LogP) is 6.53. The molecule has 0 bridgehead atoms. The van der Waals surface area contributed by atoms with Crippen LogP contribution in [0.1, 0.15) is 50.8 Å². The van der Waals surface area contributed by atoms with Gasteiger partial charge < -0.3 is 15.3 Å². The SMILES string of the molecule is CC(=CC(C)(CC(C)(C)c1ccc(O)cc1)c1ccc(O)cc1)c1ccc(O)cc1. The molecule has 1 unspecified atom stereocenters. The summed E-state index contributed by atoms with van der Waals surface area (Å²) in [5, 5.41) is 29.1. The zero-order chi connectivity index (χ0) is 21.9. The maximum absolute atomic E-state index is 9.78. The highest BCUT2D eigenvalue weighted by Gasteiger charge is 2.34. The lowest BCUT2D eigenvalue weighted by molar-refractivity contribution is 0.378. The molecule has 0 saturated carbocycles. The number of aromatic hydroxyl groups is 3. The molecule has 0 aliphatic carbocycles. The molecule has 0 aliphatic rings. The van der Waals surface area contributed by atoms with E-state index in [4.69, 9.17) is 0 Å². The van der Waals surface area contributed by atoms with E-state index >= 15 is 0 Å². The lowest BCUT2D eigenvalue weighted by Gasteiger charge is -2.37. The average molecular weight is 403 g/mol. The highest BCUT2D eigenvalue weighted by molar-refractivity contribution is 5.66. The quantitative estimate of drug-likeness (QED) is 0.439. The fraction of sp³-hybridized carbons (Fsp3) is 0.259. The first-order valence-electron chi connectivity index (χ1n) is 10.2. The molecular formula is C27H30O3. The number of benzene rings is 3. The van der Waals surface area contributed by atoms with Crippen LogP contribution < -0.4 is 0 Å². The van der Waals surface area contributed by atoms with Crippen molar-refractivity contribution in [2.45, 2.75) is 44.9 Å². The summed E-state index contributed by atoms with van der Waals surface area (Å²) < 4.78 is 0. The molecule has 3 rings (SSSR count). The maximum atomic E-state index is 9.78. The van der Waals surface area contributed by atoms with E-state index in [1.807, 2.05) is 36.4 Å². The zero-order valence-corrected chi connectivity index (χ0v) is 18.1. The summed E-state index contributed by atoms with van der Waals surface area (Å²) in [5.74, 6) is 0.762. The van der Waals surface area contributed by atoms with Gasteiger partial charge in [0.15, 0.2) is 0 Å². The lowest BCUT2D eigenvalue weighted by Crippen LogP contribution is -2.31.